The van der Waals surface area contributed by atoms with Gasteiger partial charge in [-0.1, -0.05) is 25.1 Å². The maximum atomic E-state index is 12.6. The van der Waals surface area contributed by atoms with Gasteiger partial charge >= 0.3 is 0 Å². The second kappa shape index (κ2) is 5.92. The molecule has 1 N–H and O–H groups in total. The molecule has 0 bridgehead atoms. The van der Waals surface area contributed by atoms with Crippen molar-refractivity contribution < 1.29 is 4.79 Å². The molecule has 2 unspecified atom stereocenters. The van der Waals surface area contributed by atoms with Crippen LogP contribution in [-0.4, -0.2) is 27.9 Å². The maximum Gasteiger partial charge on any atom is 0.223 e. The number of fused-ring (bicyclic) bond motifs is 1. The first-order chi connectivity index (χ1) is 10.2. The Bertz CT molecular complexity index is 631. The molecule has 1 saturated heterocycles. The number of carbonyl (C=O) groups excluding carboxylic acids is 1. The van der Waals surface area contributed by atoms with Crippen molar-refractivity contribution in [1.29, 1.82) is 0 Å². The molecule has 1 aromatic carbocycles. The zero-order chi connectivity index (χ0) is 14.8. The summed E-state index contributed by atoms with van der Waals surface area (Å²) in [5.74, 6) is 0.317. The Kier molecular flexibility index (Phi) is 4.00. The molecule has 1 amide bonds. The Hall–Kier alpha value is -1.77. The number of carbonyl (C=O) groups is 1. The Morgan fingerprint density at radius 3 is 2.95 bits per heavy atom. The molecule has 3 heteroatoms. The molecule has 3 nitrogen and oxygen atoms in total. The van der Waals surface area contributed by atoms with Crippen molar-refractivity contribution in [2.75, 3.05) is 0 Å². The van der Waals surface area contributed by atoms with Crippen molar-refractivity contribution in [3.63, 3.8) is 0 Å². The number of nitrogens with zero attached hydrogens (tertiary/aromatic N) is 1. The lowest BCUT2D eigenvalue weighted by molar-refractivity contribution is -0.133. The quantitative estimate of drug-likeness (QED) is 0.908. The Morgan fingerprint density at radius 1 is 1.33 bits per heavy atom. The number of aromatic nitrogens is 1. The normalized spacial score (nSPS) is 22.1. The van der Waals surface area contributed by atoms with Gasteiger partial charge in [0, 0.05) is 35.6 Å². The topological polar surface area (TPSA) is 36.1 Å². The van der Waals surface area contributed by atoms with Gasteiger partial charge in [-0.25, -0.2) is 0 Å². The van der Waals surface area contributed by atoms with Crippen molar-refractivity contribution in [2.45, 2.75) is 58.0 Å². The van der Waals surface area contributed by atoms with Crippen LogP contribution in [0.3, 0.4) is 0 Å². The van der Waals surface area contributed by atoms with Gasteiger partial charge in [0.25, 0.3) is 0 Å². The van der Waals surface area contributed by atoms with Gasteiger partial charge in [0.1, 0.15) is 0 Å². The van der Waals surface area contributed by atoms with Gasteiger partial charge in [-0.2, -0.15) is 0 Å². The molecule has 3 rings (SSSR count). The lowest BCUT2D eigenvalue weighted by Crippen LogP contribution is -2.39. The summed E-state index contributed by atoms with van der Waals surface area (Å²) in [5.41, 5.74) is 2.40. The molecule has 0 aliphatic carbocycles. The first kappa shape index (κ1) is 14.2. The average Bonchev–Trinajstić information content (AvgIpc) is 3.08. The standard InChI is InChI=1S/C18H24N2O/c1-3-15-10-8-13(2)20(15)18(21)11-9-14-12-19-17-7-5-4-6-16(14)17/h4-7,12-13,15,19H,3,8-11H2,1-2H3. The van der Waals surface area contributed by atoms with E-state index in [0.717, 1.165) is 31.2 Å². The number of para-hydroxylation sites is 1. The van der Waals surface area contributed by atoms with Crippen LogP contribution in [-0.2, 0) is 11.2 Å². The number of benzene rings is 1. The summed E-state index contributed by atoms with van der Waals surface area (Å²) in [5, 5.41) is 1.24. The van der Waals surface area contributed by atoms with Gasteiger partial charge in [-0.05, 0) is 44.2 Å². The van der Waals surface area contributed by atoms with Crippen molar-refractivity contribution >= 4 is 16.8 Å². The zero-order valence-corrected chi connectivity index (χ0v) is 12.9. The zero-order valence-electron chi connectivity index (χ0n) is 12.9. The molecule has 2 atom stereocenters. The van der Waals surface area contributed by atoms with Crippen LogP contribution in [0.2, 0.25) is 0 Å². The van der Waals surface area contributed by atoms with Crippen LogP contribution >= 0.6 is 0 Å². The molecule has 2 heterocycles. The number of hydrogen-bond acceptors (Lipinski definition) is 1. The van der Waals surface area contributed by atoms with Crippen LogP contribution in [0.4, 0.5) is 0 Å². The van der Waals surface area contributed by atoms with Crippen molar-refractivity contribution in [2.24, 2.45) is 0 Å². The maximum absolute atomic E-state index is 12.6. The third kappa shape index (κ3) is 2.69. The largest absolute Gasteiger partial charge is 0.361 e. The van der Waals surface area contributed by atoms with E-state index in [1.807, 2.05) is 12.3 Å². The van der Waals surface area contributed by atoms with Crippen molar-refractivity contribution in [1.82, 2.24) is 9.88 Å². The number of likely N-dealkylation sites (tertiary alicyclic amines) is 1. The fraction of sp³-hybridized carbons (Fsp3) is 0.500. The van der Waals surface area contributed by atoms with Crippen molar-refractivity contribution in [3.05, 3.63) is 36.0 Å². The molecule has 1 fully saturated rings. The van der Waals surface area contributed by atoms with Crippen LogP contribution in [0.5, 0.6) is 0 Å². The van der Waals surface area contributed by atoms with E-state index in [-0.39, 0.29) is 0 Å². The third-order valence-corrected chi connectivity index (χ3v) is 4.83. The Morgan fingerprint density at radius 2 is 2.14 bits per heavy atom. The van der Waals surface area contributed by atoms with Gasteiger partial charge in [0.15, 0.2) is 0 Å². The number of rotatable bonds is 4. The Balaban J connectivity index is 1.68. The van der Waals surface area contributed by atoms with E-state index in [4.69, 9.17) is 0 Å². The van der Waals surface area contributed by atoms with E-state index >= 15 is 0 Å². The summed E-state index contributed by atoms with van der Waals surface area (Å²) in [7, 11) is 0. The molecule has 112 valence electrons. The first-order valence-electron chi connectivity index (χ1n) is 8.07. The van der Waals surface area contributed by atoms with Gasteiger partial charge < -0.3 is 9.88 Å². The van der Waals surface area contributed by atoms with Gasteiger partial charge in [-0.15, -0.1) is 0 Å². The van der Waals surface area contributed by atoms with E-state index in [1.165, 1.54) is 10.9 Å². The van der Waals surface area contributed by atoms with Crippen LogP contribution in [0.1, 0.15) is 45.1 Å². The molecule has 1 aliphatic rings. The molecule has 1 aliphatic heterocycles. The predicted molar refractivity (Wildman–Crippen MR) is 86.2 cm³/mol. The number of amides is 1. The fourth-order valence-corrected chi connectivity index (χ4v) is 3.63. The fourth-order valence-electron chi connectivity index (χ4n) is 3.63. The van der Waals surface area contributed by atoms with E-state index in [9.17, 15) is 4.79 Å². The van der Waals surface area contributed by atoms with E-state index in [1.54, 1.807) is 0 Å². The van der Waals surface area contributed by atoms with Crippen LogP contribution in [0.15, 0.2) is 30.5 Å². The first-order valence-corrected chi connectivity index (χ1v) is 8.07. The molecule has 0 radical (unpaired) electrons. The SMILES string of the molecule is CCC1CCC(C)N1C(=O)CCc1c[nH]c2ccccc12. The molecular formula is C18H24N2O. The van der Waals surface area contributed by atoms with Crippen LogP contribution in [0.25, 0.3) is 10.9 Å². The van der Waals surface area contributed by atoms with Crippen LogP contribution in [0, 0.1) is 0 Å². The highest BCUT2D eigenvalue weighted by atomic mass is 16.2. The van der Waals surface area contributed by atoms with E-state index in [0.29, 0.717) is 24.4 Å². The summed E-state index contributed by atoms with van der Waals surface area (Å²) in [6.45, 7) is 4.36. The molecule has 21 heavy (non-hydrogen) atoms. The minimum atomic E-state index is 0.317. The predicted octanol–water partition coefficient (Wildman–Crippen LogP) is 3.89. The highest BCUT2D eigenvalue weighted by molar-refractivity contribution is 5.84. The van der Waals surface area contributed by atoms with Gasteiger partial charge in [0.05, 0.1) is 0 Å². The number of nitrogens with one attached hydrogen (secondary N) is 1. The number of H-pyrrole nitrogens is 1. The summed E-state index contributed by atoms with van der Waals surface area (Å²) >= 11 is 0. The number of hydrogen-bond donors (Lipinski definition) is 1. The minimum Gasteiger partial charge on any atom is -0.361 e. The minimum absolute atomic E-state index is 0.317. The van der Waals surface area contributed by atoms with Crippen molar-refractivity contribution in [3.8, 4) is 0 Å². The average molecular weight is 284 g/mol. The highest BCUT2D eigenvalue weighted by Gasteiger charge is 2.32. The van der Waals surface area contributed by atoms with Crippen LogP contribution < -0.4 is 0 Å². The second-order valence-corrected chi connectivity index (χ2v) is 6.15. The summed E-state index contributed by atoms with van der Waals surface area (Å²) < 4.78 is 0. The second-order valence-electron chi connectivity index (χ2n) is 6.15. The number of aryl methyl sites for hydroxylation is 1. The monoisotopic (exact) mass is 284 g/mol. The molecule has 0 saturated carbocycles. The lowest BCUT2D eigenvalue weighted by atomic mass is 10.1. The third-order valence-electron chi connectivity index (χ3n) is 4.83. The number of aromatic amines is 1. The van der Waals surface area contributed by atoms with Gasteiger partial charge in [0.2, 0.25) is 5.91 Å². The molecule has 0 spiro atoms. The summed E-state index contributed by atoms with van der Waals surface area (Å²) in [4.78, 5) is 18.0. The lowest BCUT2D eigenvalue weighted by Gasteiger charge is -2.28. The Labute approximate surface area is 126 Å². The summed E-state index contributed by atoms with van der Waals surface area (Å²) in [6.07, 6.45) is 6.87. The molecule has 1 aromatic heterocycles. The highest BCUT2D eigenvalue weighted by Crippen LogP contribution is 2.27. The van der Waals surface area contributed by atoms with E-state index in [2.05, 4.69) is 41.9 Å². The molecular weight excluding hydrogens is 260 g/mol. The molecule has 2 aromatic rings. The van der Waals surface area contributed by atoms with Gasteiger partial charge in [-0.3, -0.25) is 4.79 Å². The summed E-state index contributed by atoms with van der Waals surface area (Å²) in [6, 6.07) is 9.15. The smallest absolute Gasteiger partial charge is 0.223 e. The van der Waals surface area contributed by atoms with E-state index < -0.39 is 0 Å².